The number of nitrogens with one attached hydrogen (secondary N) is 2. The number of aryl methyl sites for hydroxylation is 1. The van der Waals surface area contributed by atoms with Gasteiger partial charge in [0.05, 0.1) is 17.3 Å². The summed E-state index contributed by atoms with van der Waals surface area (Å²) in [6.07, 6.45) is 12.9. The van der Waals surface area contributed by atoms with Crippen LogP contribution in [0.5, 0.6) is 0 Å². The molecule has 0 aromatic heterocycles. The van der Waals surface area contributed by atoms with Crippen molar-refractivity contribution in [1.29, 1.82) is 0 Å². The summed E-state index contributed by atoms with van der Waals surface area (Å²) in [6, 6.07) is 10.4. The van der Waals surface area contributed by atoms with Crippen LogP contribution in [0.2, 0.25) is 0 Å². The van der Waals surface area contributed by atoms with Gasteiger partial charge in [0.25, 0.3) is 16.0 Å². The first-order valence-electron chi connectivity index (χ1n) is 12.5. The van der Waals surface area contributed by atoms with E-state index < -0.39 is 16.0 Å². The Morgan fingerprint density at radius 3 is 2.66 bits per heavy atom. The maximum Gasteiger partial charge on any atom is 0.297 e. The summed E-state index contributed by atoms with van der Waals surface area (Å²) in [4.78, 5) is 16.9. The molecule has 38 heavy (non-hydrogen) atoms. The fraction of sp³-hybridized carbons (Fsp3) is 0.370. The van der Waals surface area contributed by atoms with Gasteiger partial charge in [0.15, 0.2) is 0 Å². The third kappa shape index (κ3) is 6.71. The number of amides is 1. The van der Waals surface area contributed by atoms with Crippen LogP contribution in [0, 0.1) is 0 Å². The van der Waals surface area contributed by atoms with Crippen LogP contribution in [0.15, 0.2) is 88.3 Å². The SMILES string of the molecule is Cl.Cl.O=C(NCCC1=CCN(CCCc2ccccc2)CC1)C1=CC2CNC3=CC=CC(=C1S(=O)(=O)O)N32. The lowest BCUT2D eigenvalue weighted by molar-refractivity contribution is -0.117. The first kappa shape index (κ1) is 30.0. The van der Waals surface area contributed by atoms with Gasteiger partial charge >= 0.3 is 0 Å². The van der Waals surface area contributed by atoms with Gasteiger partial charge in [-0.25, -0.2) is 0 Å². The average Bonchev–Trinajstić information content (AvgIpc) is 3.29. The summed E-state index contributed by atoms with van der Waals surface area (Å²) < 4.78 is 34.5. The average molecular weight is 582 g/mol. The molecule has 3 N–H and O–H groups in total. The monoisotopic (exact) mass is 580 g/mol. The second-order valence-electron chi connectivity index (χ2n) is 9.51. The fourth-order valence-corrected chi connectivity index (χ4v) is 6.13. The first-order chi connectivity index (χ1) is 17.4. The molecule has 206 valence electrons. The van der Waals surface area contributed by atoms with Crippen LogP contribution in [-0.4, -0.2) is 67.4 Å². The second-order valence-corrected chi connectivity index (χ2v) is 10.9. The van der Waals surface area contributed by atoms with Crippen molar-refractivity contribution >= 4 is 40.8 Å². The molecule has 1 aromatic carbocycles. The van der Waals surface area contributed by atoms with Gasteiger partial charge < -0.3 is 15.5 Å². The molecule has 1 atom stereocenters. The lowest BCUT2D eigenvalue weighted by Crippen LogP contribution is -2.38. The van der Waals surface area contributed by atoms with Crippen molar-refractivity contribution in [3.8, 4) is 0 Å². The third-order valence-electron chi connectivity index (χ3n) is 7.09. The van der Waals surface area contributed by atoms with Crippen LogP contribution in [0.25, 0.3) is 0 Å². The maximum absolute atomic E-state index is 13.0. The van der Waals surface area contributed by atoms with E-state index in [9.17, 15) is 17.8 Å². The highest BCUT2D eigenvalue weighted by Gasteiger charge is 2.41. The van der Waals surface area contributed by atoms with E-state index in [1.54, 1.807) is 23.1 Å². The van der Waals surface area contributed by atoms with E-state index in [1.165, 1.54) is 11.1 Å². The van der Waals surface area contributed by atoms with Crippen LogP contribution >= 0.6 is 24.8 Å². The number of carbonyl (C=O) groups is 1. The van der Waals surface area contributed by atoms with Gasteiger partial charge in [0, 0.05) is 26.2 Å². The van der Waals surface area contributed by atoms with E-state index in [0.29, 0.717) is 18.8 Å². The van der Waals surface area contributed by atoms with E-state index in [1.807, 2.05) is 12.1 Å². The molecule has 8 nitrogen and oxygen atoms in total. The number of halogens is 2. The number of allylic oxidation sites excluding steroid dienone is 3. The van der Waals surface area contributed by atoms with Crippen LogP contribution in [-0.2, 0) is 21.3 Å². The number of carbonyl (C=O) groups excluding carboxylic acids is 1. The zero-order chi connectivity index (χ0) is 25.1. The standard InChI is InChI=1S/C27H32N4O4S.2ClH/c32-27(23-18-22-19-29-25-10-4-9-24(31(22)25)26(23)36(33,34)35)28-14-11-21-12-16-30(17-13-21)15-5-8-20-6-2-1-3-7-20;;/h1-4,6-7,9-10,12,18,22,29H,5,8,11,13-17,19H2,(H,28,32)(H,33,34,35);2*1H. The van der Waals surface area contributed by atoms with Gasteiger partial charge in [-0.05, 0) is 56.0 Å². The van der Waals surface area contributed by atoms with Gasteiger partial charge in [0.2, 0.25) is 0 Å². The number of hydrogen-bond donors (Lipinski definition) is 3. The summed E-state index contributed by atoms with van der Waals surface area (Å²) in [5, 5.41) is 6.08. The predicted molar refractivity (Wildman–Crippen MR) is 154 cm³/mol. The minimum atomic E-state index is -4.60. The molecule has 0 radical (unpaired) electrons. The Balaban J connectivity index is 0.00000200. The smallest absolute Gasteiger partial charge is 0.297 e. The molecular weight excluding hydrogens is 547 g/mol. The summed E-state index contributed by atoms with van der Waals surface area (Å²) in [5.41, 5.74) is 3.00. The predicted octanol–water partition coefficient (Wildman–Crippen LogP) is 3.33. The second kappa shape index (κ2) is 13.0. The molecule has 4 heterocycles. The van der Waals surface area contributed by atoms with Crippen molar-refractivity contribution in [3.05, 3.63) is 93.8 Å². The van der Waals surface area contributed by atoms with Gasteiger partial charge in [-0.3, -0.25) is 14.2 Å². The van der Waals surface area contributed by atoms with Gasteiger partial charge in [-0.2, -0.15) is 8.42 Å². The lowest BCUT2D eigenvalue weighted by Gasteiger charge is -2.33. The van der Waals surface area contributed by atoms with E-state index in [0.717, 1.165) is 51.1 Å². The molecule has 1 amide bonds. The Kier molecular flexibility index (Phi) is 10.3. The van der Waals surface area contributed by atoms with Crippen molar-refractivity contribution in [1.82, 2.24) is 20.4 Å². The van der Waals surface area contributed by atoms with Crippen molar-refractivity contribution < 1.29 is 17.8 Å². The molecule has 0 bridgehead atoms. The van der Waals surface area contributed by atoms with Crippen LogP contribution < -0.4 is 10.6 Å². The van der Waals surface area contributed by atoms with E-state index in [2.05, 4.69) is 45.9 Å². The molecule has 11 heteroatoms. The first-order valence-corrected chi connectivity index (χ1v) is 13.9. The lowest BCUT2D eigenvalue weighted by atomic mass is 10.0. The van der Waals surface area contributed by atoms with Crippen molar-refractivity contribution in [2.24, 2.45) is 0 Å². The van der Waals surface area contributed by atoms with E-state index in [-0.39, 0.29) is 41.3 Å². The van der Waals surface area contributed by atoms with Gasteiger partial charge in [-0.15, -0.1) is 24.8 Å². The van der Waals surface area contributed by atoms with Crippen molar-refractivity contribution in [3.63, 3.8) is 0 Å². The highest BCUT2D eigenvalue weighted by atomic mass is 35.5. The molecule has 1 aromatic rings. The number of benzene rings is 1. The highest BCUT2D eigenvalue weighted by Crippen LogP contribution is 2.37. The Morgan fingerprint density at radius 2 is 1.95 bits per heavy atom. The molecule has 1 fully saturated rings. The summed E-state index contributed by atoms with van der Waals surface area (Å²) >= 11 is 0. The third-order valence-corrected chi connectivity index (χ3v) is 8.04. The Hall–Kier alpha value is -2.56. The molecule has 5 rings (SSSR count). The van der Waals surface area contributed by atoms with Crippen LogP contribution in [0.4, 0.5) is 0 Å². The quantitative estimate of drug-likeness (QED) is 0.304. The highest BCUT2D eigenvalue weighted by molar-refractivity contribution is 7.90. The summed E-state index contributed by atoms with van der Waals surface area (Å²) in [7, 11) is -4.60. The zero-order valence-electron chi connectivity index (χ0n) is 21.0. The van der Waals surface area contributed by atoms with Gasteiger partial charge in [-0.1, -0.05) is 48.1 Å². The largest absolute Gasteiger partial charge is 0.369 e. The normalized spacial score (nSPS) is 20.3. The molecule has 0 aliphatic carbocycles. The maximum atomic E-state index is 13.0. The zero-order valence-corrected chi connectivity index (χ0v) is 23.5. The molecule has 1 saturated heterocycles. The number of nitrogens with zero attached hydrogens (tertiary/aromatic N) is 2. The van der Waals surface area contributed by atoms with Crippen LogP contribution in [0.1, 0.15) is 24.8 Å². The molecular formula is C27H34Cl2N4O4S. The van der Waals surface area contributed by atoms with Crippen molar-refractivity contribution in [2.45, 2.75) is 31.7 Å². The number of hydrogen-bond acceptors (Lipinski definition) is 6. The minimum absolute atomic E-state index is 0. The van der Waals surface area contributed by atoms with E-state index in [4.69, 9.17) is 0 Å². The molecule has 4 aliphatic rings. The number of rotatable bonds is 9. The molecule has 0 spiro atoms. The van der Waals surface area contributed by atoms with E-state index >= 15 is 0 Å². The van der Waals surface area contributed by atoms with Crippen molar-refractivity contribution in [2.75, 3.05) is 32.7 Å². The minimum Gasteiger partial charge on any atom is -0.369 e. The molecule has 0 saturated carbocycles. The van der Waals surface area contributed by atoms with Crippen LogP contribution in [0.3, 0.4) is 0 Å². The Bertz CT molecular complexity index is 1290. The Labute approximate surface area is 236 Å². The van der Waals surface area contributed by atoms with Gasteiger partial charge in [0.1, 0.15) is 10.7 Å². The fourth-order valence-electron chi connectivity index (χ4n) is 5.26. The molecule has 1 unspecified atom stereocenters. The molecule has 4 aliphatic heterocycles. The summed E-state index contributed by atoms with van der Waals surface area (Å²) in [5.74, 6) is 0.276. The summed E-state index contributed by atoms with van der Waals surface area (Å²) in [6.45, 7) is 3.95. The Morgan fingerprint density at radius 1 is 1.16 bits per heavy atom. The topological polar surface area (TPSA) is 102 Å².